The number of unbranched alkanes of at least 4 members (excludes halogenated alkanes) is 1. The zero-order chi connectivity index (χ0) is 11.8. The minimum atomic E-state index is 0.369. The summed E-state index contributed by atoms with van der Waals surface area (Å²) < 4.78 is 5.11. The number of nitrogens with one attached hydrogen (secondary N) is 1. The molecule has 16 heavy (non-hydrogen) atoms. The first-order valence-corrected chi connectivity index (χ1v) is 5.90. The first kappa shape index (κ1) is 12.8. The maximum atomic E-state index is 5.73. The highest BCUT2D eigenvalue weighted by molar-refractivity contribution is 5.47. The Hall–Kier alpha value is -1.22. The number of ether oxygens (including phenoxy) is 1. The fourth-order valence-corrected chi connectivity index (χ4v) is 1.62. The van der Waals surface area contributed by atoms with E-state index in [0.717, 1.165) is 17.9 Å². The van der Waals surface area contributed by atoms with Gasteiger partial charge in [-0.05, 0) is 30.7 Å². The highest BCUT2D eigenvalue weighted by Crippen LogP contribution is 2.16. The Morgan fingerprint density at radius 1 is 1.31 bits per heavy atom. The molecule has 0 aliphatic carbocycles. The first-order valence-electron chi connectivity index (χ1n) is 5.90. The molecule has 0 aliphatic heterocycles. The van der Waals surface area contributed by atoms with Crippen molar-refractivity contribution < 1.29 is 4.74 Å². The van der Waals surface area contributed by atoms with E-state index in [1.807, 2.05) is 24.3 Å². The van der Waals surface area contributed by atoms with Gasteiger partial charge in [0.2, 0.25) is 0 Å². The fraction of sp³-hybridized carbons (Fsp3) is 0.538. The standard InChI is InChI=1S/C13H22N2O/c1-3-4-5-12(10-14)15-11-6-8-13(16-2)9-7-11/h6-9,12,15H,3-5,10,14H2,1-2H3. The SMILES string of the molecule is CCCCC(CN)Nc1ccc(OC)cc1. The van der Waals surface area contributed by atoms with Crippen LogP contribution in [-0.2, 0) is 0 Å². The van der Waals surface area contributed by atoms with Gasteiger partial charge in [0.1, 0.15) is 5.75 Å². The summed E-state index contributed by atoms with van der Waals surface area (Å²) in [4.78, 5) is 0. The third-order valence-corrected chi connectivity index (χ3v) is 2.65. The molecule has 3 N–H and O–H groups in total. The highest BCUT2D eigenvalue weighted by atomic mass is 16.5. The summed E-state index contributed by atoms with van der Waals surface area (Å²) in [5.41, 5.74) is 6.83. The quantitative estimate of drug-likeness (QED) is 0.745. The van der Waals surface area contributed by atoms with Crippen LogP contribution in [0.4, 0.5) is 5.69 Å². The van der Waals surface area contributed by atoms with E-state index >= 15 is 0 Å². The van der Waals surface area contributed by atoms with Crippen molar-refractivity contribution >= 4 is 5.69 Å². The Balaban J connectivity index is 2.49. The van der Waals surface area contributed by atoms with E-state index in [1.54, 1.807) is 7.11 Å². The van der Waals surface area contributed by atoms with Crippen molar-refractivity contribution in [3.05, 3.63) is 24.3 Å². The van der Waals surface area contributed by atoms with Gasteiger partial charge in [0.25, 0.3) is 0 Å². The van der Waals surface area contributed by atoms with Crippen LogP contribution in [0.5, 0.6) is 5.75 Å². The van der Waals surface area contributed by atoms with Gasteiger partial charge in [0, 0.05) is 18.3 Å². The smallest absolute Gasteiger partial charge is 0.119 e. The van der Waals surface area contributed by atoms with E-state index in [2.05, 4.69) is 12.2 Å². The van der Waals surface area contributed by atoms with E-state index < -0.39 is 0 Å². The van der Waals surface area contributed by atoms with Crippen LogP contribution in [0, 0.1) is 0 Å². The van der Waals surface area contributed by atoms with Gasteiger partial charge in [-0.15, -0.1) is 0 Å². The lowest BCUT2D eigenvalue weighted by atomic mass is 10.1. The Morgan fingerprint density at radius 3 is 2.50 bits per heavy atom. The van der Waals surface area contributed by atoms with E-state index in [0.29, 0.717) is 12.6 Å². The number of methoxy groups -OCH3 is 1. The first-order chi connectivity index (χ1) is 7.80. The molecule has 0 spiro atoms. The largest absolute Gasteiger partial charge is 0.497 e. The monoisotopic (exact) mass is 222 g/mol. The van der Waals surface area contributed by atoms with Crippen molar-refractivity contribution in [3.63, 3.8) is 0 Å². The molecule has 0 fully saturated rings. The van der Waals surface area contributed by atoms with Gasteiger partial charge in [-0.25, -0.2) is 0 Å². The van der Waals surface area contributed by atoms with E-state index in [1.165, 1.54) is 12.8 Å². The molecule has 0 amide bonds. The van der Waals surface area contributed by atoms with E-state index in [4.69, 9.17) is 10.5 Å². The summed E-state index contributed by atoms with van der Waals surface area (Å²) in [6.45, 7) is 2.87. The molecule has 1 aromatic rings. The molecular formula is C13H22N2O. The van der Waals surface area contributed by atoms with Gasteiger partial charge in [0.15, 0.2) is 0 Å². The Bertz CT molecular complexity index is 284. The predicted molar refractivity (Wildman–Crippen MR) is 69.0 cm³/mol. The molecule has 0 bridgehead atoms. The molecule has 90 valence electrons. The Labute approximate surface area is 98.0 Å². The summed E-state index contributed by atoms with van der Waals surface area (Å²) in [6, 6.07) is 8.32. The van der Waals surface area contributed by atoms with Gasteiger partial charge in [-0.2, -0.15) is 0 Å². The van der Waals surface area contributed by atoms with Crippen molar-refractivity contribution in [1.29, 1.82) is 0 Å². The van der Waals surface area contributed by atoms with Crippen LogP contribution in [0.2, 0.25) is 0 Å². The van der Waals surface area contributed by atoms with Crippen molar-refractivity contribution in [2.75, 3.05) is 19.0 Å². The predicted octanol–water partition coefficient (Wildman–Crippen LogP) is 2.62. The zero-order valence-electron chi connectivity index (χ0n) is 10.2. The fourth-order valence-electron chi connectivity index (χ4n) is 1.62. The molecular weight excluding hydrogens is 200 g/mol. The molecule has 0 saturated carbocycles. The topological polar surface area (TPSA) is 47.3 Å². The molecule has 0 aromatic heterocycles. The summed E-state index contributed by atoms with van der Waals surface area (Å²) in [7, 11) is 1.67. The Kier molecular flexibility index (Phi) is 5.72. The molecule has 1 atom stereocenters. The lowest BCUT2D eigenvalue weighted by Crippen LogP contribution is -2.28. The summed E-state index contributed by atoms with van der Waals surface area (Å²) in [5.74, 6) is 0.878. The molecule has 1 unspecified atom stereocenters. The van der Waals surface area contributed by atoms with Crippen LogP contribution in [0.25, 0.3) is 0 Å². The number of anilines is 1. The molecule has 3 heteroatoms. The normalized spacial score (nSPS) is 12.2. The van der Waals surface area contributed by atoms with Gasteiger partial charge in [-0.1, -0.05) is 19.8 Å². The summed E-state index contributed by atoms with van der Waals surface area (Å²) in [5, 5.41) is 3.43. The molecule has 1 aromatic carbocycles. The van der Waals surface area contributed by atoms with Crippen molar-refractivity contribution in [3.8, 4) is 5.75 Å². The van der Waals surface area contributed by atoms with Crippen LogP contribution in [-0.4, -0.2) is 19.7 Å². The van der Waals surface area contributed by atoms with Crippen LogP contribution in [0.1, 0.15) is 26.2 Å². The molecule has 0 heterocycles. The van der Waals surface area contributed by atoms with E-state index in [-0.39, 0.29) is 0 Å². The molecule has 0 radical (unpaired) electrons. The summed E-state index contributed by atoms with van der Waals surface area (Å²) >= 11 is 0. The second-order valence-corrected chi connectivity index (χ2v) is 3.95. The average Bonchev–Trinajstić information content (AvgIpc) is 2.35. The van der Waals surface area contributed by atoms with E-state index in [9.17, 15) is 0 Å². The lowest BCUT2D eigenvalue weighted by molar-refractivity contribution is 0.415. The maximum Gasteiger partial charge on any atom is 0.119 e. The second-order valence-electron chi connectivity index (χ2n) is 3.95. The van der Waals surface area contributed by atoms with Gasteiger partial charge in [-0.3, -0.25) is 0 Å². The Morgan fingerprint density at radius 2 is 2.00 bits per heavy atom. The zero-order valence-corrected chi connectivity index (χ0v) is 10.2. The third-order valence-electron chi connectivity index (χ3n) is 2.65. The average molecular weight is 222 g/mol. The van der Waals surface area contributed by atoms with Crippen molar-refractivity contribution in [1.82, 2.24) is 0 Å². The van der Waals surface area contributed by atoms with Gasteiger partial charge in [0.05, 0.1) is 7.11 Å². The number of nitrogens with two attached hydrogens (primary N) is 1. The van der Waals surface area contributed by atoms with Gasteiger partial charge >= 0.3 is 0 Å². The van der Waals surface area contributed by atoms with Crippen molar-refractivity contribution in [2.24, 2.45) is 5.73 Å². The van der Waals surface area contributed by atoms with Crippen LogP contribution in [0.15, 0.2) is 24.3 Å². The molecule has 1 rings (SSSR count). The number of benzene rings is 1. The number of rotatable bonds is 7. The van der Waals surface area contributed by atoms with Crippen molar-refractivity contribution in [2.45, 2.75) is 32.2 Å². The molecule has 0 saturated heterocycles. The van der Waals surface area contributed by atoms with Crippen LogP contribution >= 0.6 is 0 Å². The third kappa shape index (κ3) is 4.11. The summed E-state index contributed by atoms with van der Waals surface area (Å²) in [6.07, 6.45) is 3.55. The highest BCUT2D eigenvalue weighted by Gasteiger charge is 2.05. The molecule has 0 aliphatic rings. The minimum absolute atomic E-state index is 0.369. The molecule has 3 nitrogen and oxygen atoms in total. The number of hydrogen-bond donors (Lipinski definition) is 2. The van der Waals surface area contributed by atoms with Crippen LogP contribution < -0.4 is 15.8 Å². The maximum absolute atomic E-state index is 5.73. The second kappa shape index (κ2) is 7.12. The lowest BCUT2D eigenvalue weighted by Gasteiger charge is -2.17. The van der Waals surface area contributed by atoms with Gasteiger partial charge < -0.3 is 15.8 Å². The minimum Gasteiger partial charge on any atom is -0.497 e. The van der Waals surface area contributed by atoms with Crippen LogP contribution in [0.3, 0.4) is 0 Å². The number of hydrogen-bond acceptors (Lipinski definition) is 3.